The van der Waals surface area contributed by atoms with E-state index >= 15 is 0 Å². The van der Waals surface area contributed by atoms with Crippen LogP contribution in [0.1, 0.15) is 5.69 Å². The molecule has 7 heteroatoms. The number of pyridine rings is 1. The van der Waals surface area contributed by atoms with E-state index in [1.54, 1.807) is 31.4 Å². The maximum atomic E-state index is 9.14. The predicted molar refractivity (Wildman–Crippen MR) is 83.6 cm³/mol. The summed E-state index contributed by atoms with van der Waals surface area (Å²) in [5.41, 5.74) is 0.368. The molecule has 0 bridgehead atoms. The summed E-state index contributed by atoms with van der Waals surface area (Å²) in [6.45, 7) is -0.247. The second kappa shape index (κ2) is 6.76. The molecule has 0 amide bonds. The molecule has 0 saturated heterocycles. The number of hydrogen-bond acceptors (Lipinski definition) is 4. The van der Waals surface area contributed by atoms with Gasteiger partial charge >= 0.3 is 0 Å². The third-order valence-electron chi connectivity index (χ3n) is 2.46. The van der Waals surface area contributed by atoms with Gasteiger partial charge in [0.1, 0.15) is 11.5 Å². The number of aliphatic hydroxyl groups is 1. The van der Waals surface area contributed by atoms with E-state index in [1.165, 1.54) is 0 Å². The van der Waals surface area contributed by atoms with Gasteiger partial charge in [-0.15, -0.1) is 0 Å². The summed E-state index contributed by atoms with van der Waals surface area (Å²) in [6, 6.07) is 6.80. The van der Waals surface area contributed by atoms with E-state index in [0.29, 0.717) is 28.1 Å². The minimum atomic E-state index is -0.247. The molecular weight excluding hydrogens is 413 g/mol. The summed E-state index contributed by atoms with van der Waals surface area (Å²) in [5.74, 6) is 1.59. The van der Waals surface area contributed by atoms with E-state index in [1.807, 2.05) is 0 Å². The average molecular weight is 423 g/mol. The fourth-order valence-electron chi connectivity index (χ4n) is 1.49. The van der Waals surface area contributed by atoms with Crippen molar-refractivity contribution >= 4 is 43.5 Å². The van der Waals surface area contributed by atoms with Gasteiger partial charge in [0.2, 0.25) is 5.88 Å². The molecule has 0 unspecified atom stereocenters. The lowest BCUT2D eigenvalue weighted by molar-refractivity contribution is 0.275. The van der Waals surface area contributed by atoms with Crippen molar-refractivity contribution in [2.75, 3.05) is 7.11 Å². The molecule has 0 fully saturated rings. The van der Waals surface area contributed by atoms with Crippen LogP contribution < -0.4 is 9.47 Å². The second-order valence-corrected chi connectivity index (χ2v) is 5.87. The van der Waals surface area contributed by atoms with E-state index in [2.05, 4.69) is 36.8 Å². The van der Waals surface area contributed by atoms with Gasteiger partial charge < -0.3 is 14.6 Å². The Hall–Kier alpha value is -0.820. The van der Waals surface area contributed by atoms with Crippen LogP contribution in [0, 0.1) is 0 Å². The molecule has 1 aromatic heterocycles. The third-order valence-corrected chi connectivity index (χ3v) is 4.05. The van der Waals surface area contributed by atoms with Crippen LogP contribution in [0.25, 0.3) is 0 Å². The fraction of sp³-hybridized carbons (Fsp3) is 0.154. The van der Waals surface area contributed by atoms with Gasteiger partial charge in [-0.2, -0.15) is 0 Å². The Kier molecular flexibility index (Phi) is 5.26. The van der Waals surface area contributed by atoms with Crippen LogP contribution in [0.4, 0.5) is 0 Å². The minimum absolute atomic E-state index is 0.247. The van der Waals surface area contributed by atoms with Crippen LogP contribution in [-0.2, 0) is 6.61 Å². The first-order chi connectivity index (χ1) is 9.55. The van der Waals surface area contributed by atoms with E-state index in [-0.39, 0.29) is 6.61 Å². The summed E-state index contributed by atoms with van der Waals surface area (Å²) in [6.07, 6.45) is 0. The quantitative estimate of drug-likeness (QED) is 0.784. The van der Waals surface area contributed by atoms with Crippen LogP contribution in [0.2, 0.25) is 5.02 Å². The van der Waals surface area contributed by atoms with Crippen molar-refractivity contribution in [3.05, 3.63) is 43.9 Å². The van der Waals surface area contributed by atoms with Crippen LogP contribution >= 0.6 is 43.5 Å². The summed E-state index contributed by atoms with van der Waals surface area (Å²) in [7, 11) is 1.58. The van der Waals surface area contributed by atoms with Crippen LogP contribution in [0.15, 0.2) is 33.2 Å². The first-order valence-corrected chi connectivity index (χ1v) is 7.48. The normalized spacial score (nSPS) is 10.4. The maximum Gasteiger partial charge on any atom is 0.219 e. The van der Waals surface area contributed by atoms with Gasteiger partial charge in [-0.1, -0.05) is 11.6 Å². The first kappa shape index (κ1) is 15.6. The number of halogens is 3. The molecule has 0 spiro atoms. The molecule has 2 rings (SSSR count). The number of rotatable bonds is 4. The Labute approximate surface area is 137 Å². The average Bonchev–Trinajstić information content (AvgIpc) is 2.44. The fourth-order valence-corrected chi connectivity index (χ4v) is 2.54. The minimum Gasteiger partial charge on any atom is -0.496 e. The van der Waals surface area contributed by atoms with Gasteiger partial charge in [0.05, 0.1) is 33.4 Å². The zero-order chi connectivity index (χ0) is 14.7. The largest absolute Gasteiger partial charge is 0.496 e. The van der Waals surface area contributed by atoms with Crippen molar-refractivity contribution < 1.29 is 14.6 Å². The number of methoxy groups -OCH3 is 1. The molecule has 0 saturated carbocycles. The first-order valence-electron chi connectivity index (χ1n) is 5.52. The smallest absolute Gasteiger partial charge is 0.219 e. The molecular formula is C13H10Br2ClNO3. The highest BCUT2D eigenvalue weighted by Gasteiger charge is 2.11. The van der Waals surface area contributed by atoms with E-state index < -0.39 is 0 Å². The molecule has 1 aromatic carbocycles. The van der Waals surface area contributed by atoms with Crippen molar-refractivity contribution in [1.29, 1.82) is 0 Å². The molecule has 0 radical (unpaired) electrons. The molecule has 106 valence electrons. The monoisotopic (exact) mass is 421 g/mol. The Bertz CT molecular complexity index is 637. The molecule has 1 heterocycles. The van der Waals surface area contributed by atoms with E-state index in [4.69, 9.17) is 26.2 Å². The molecule has 0 atom stereocenters. The van der Waals surface area contributed by atoms with Crippen molar-refractivity contribution in [1.82, 2.24) is 4.98 Å². The number of ether oxygens (including phenoxy) is 2. The number of benzene rings is 1. The van der Waals surface area contributed by atoms with Gasteiger partial charge in [0, 0.05) is 6.07 Å². The van der Waals surface area contributed by atoms with E-state index in [0.717, 1.165) is 8.95 Å². The number of aliphatic hydroxyl groups excluding tert-OH is 1. The van der Waals surface area contributed by atoms with E-state index in [9.17, 15) is 0 Å². The molecule has 1 N–H and O–H groups in total. The second-order valence-electron chi connectivity index (χ2n) is 3.76. The van der Waals surface area contributed by atoms with Crippen molar-refractivity contribution in [3.63, 3.8) is 0 Å². The zero-order valence-electron chi connectivity index (χ0n) is 10.4. The molecule has 4 nitrogen and oxygen atoms in total. The van der Waals surface area contributed by atoms with Crippen molar-refractivity contribution in [2.24, 2.45) is 0 Å². The van der Waals surface area contributed by atoms with Crippen molar-refractivity contribution in [3.8, 4) is 17.4 Å². The standard InChI is InChI=1S/C13H10Br2ClNO3/c1-19-11-4-8(15)12(5-7(11)14)20-13-3-2-9(16)10(6-18)17-13/h2-5,18H,6H2,1H3. The molecule has 0 aliphatic heterocycles. The molecule has 2 aromatic rings. The Morgan fingerprint density at radius 3 is 2.50 bits per heavy atom. The summed E-state index contributed by atoms with van der Waals surface area (Å²) < 4.78 is 12.3. The number of nitrogens with zero attached hydrogens (tertiary/aromatic N) is 1. The Balaban J connectivity index is 2.32. The third kappa shape index (κ3) is 3.44. The van der Waals surface area contributed by atoms with Gasteiger partial charge in [-0.25, -0.2) is 4.98 Å². The lowest BCUT2D eigenvalue weighted by atomic mass is 10.3. The van der Waals surface area contributed by atoms with Crippen LogP contribution in [-0.4, -0.2) is 17.2 Å². The maximum absolute atomic E-state index is 9.14. The lowest BCUT2D eigenvalue weighted by Crippen LogP contribution is -1.95. The highest BCUT2D eigenvalue weighted by atomic mass is 79.9. The molecule has 0 aliphatic rings. The Morgan fingerprint density at radius 1 is 1.20 bits per heavy atom. The Morgan fingerprint density at radius 2 is 1.85 bits per heavy atom. The highest BCUT2D eigenvalue weighted by molar-refractivity contribution is 9.11. The lowest BCUT2D eigenvalue weighted by Gasteiger charge is -2.11. The molecule has 0 aliphatic carbocycles. The summed E-state index contributed by atoms with van der Waals surface area (Å²) in [4.78, 5) is 4.13. The summed E-state index contributed by atoms with van der Waals surface area (Å²) in [5, 5.41) is 9.54. The van der Waals surface area contributed by atoms with Crippen molar-refractivity contribution in [2.45, 2.75) is 6.61 Å². The number of aromatic nitrogens is 1. The van der Waals surface area contributed by atoms with Crippen LogP contribution in [0.5, 0.6) is 17.4 Å². The van der Waals surface area contributed by atoms with Gasteiger partial charge in [0.25, 0.3) is 0 Å². The summed E-state index contributed by atoms with van der Waals surface area (Å²) >= 11 is 12.7. The van der Waals surface area contributed by atoms with Crippen LogP contribution in [0.3, 0.4) is 0 Å². The SMILES string of the molecule is COc1cc(Br)c(Oc2ccc(Cl)c(CO)n2)cc1Br. The van der Waals surface area contributed by atoms with Gasteiger partial charge in [-0.05, 0) is 50.1 Å². The predicted octanol–water partition coefficient (Wildman–Crippen LogP) is 4.55. The van der Waals surface area contributed by atoms with Gasteiger partial charge in [0.15, 0.2) is 0 Å². The zero-order valence-corrected chi connectivity index (χ0v) is 14.3. The number of hydrogen-bond donors (Lipinski definition) is 1. The molecule has 20 heavy (non-hydrogen) atoms. The van der Waals surface area contributed by atoms with Gasteiger partial charge in [-0.3, -0.25) is 0 Å². The topological polar surface area (TPSA) is 51.6 Å². The highest BCUT2D eigenvalue weighted by Crippen LogP contribution is 2.38.